The van der Waals surface area contributed by atoms with Crippen molar-refractivity contribution in [1.29, 1.82) is 5.26 Å². The Balaban J connectivity index is 1.83. The van der Waals surface area contributed by atoms with Gasteiger partial charge in [0.05, 0.1) is 11.6 Å². The zero-order valence-electron chi connectivity index (χ0n) is 10.2. The first-order valence-electron chi connectivity index (χ1n) is 6.45. The van der Waals surface area contributed by atoms with E-state index in [0.717, 1.165) is 25.3 Å². The Morgan fingerprint density at radius 2 is 2.22 bits per heavy atom. The second-order valence-corrected chi connectivity index (χ2v) is 5.18. The van der Waals surface area contributed by atoms with Crippen LogP contribution in [0.2, 0.25) is 0 Å². The molecule has 1 N–H and O–H groups in total. The van der Waals surface area contributed by atoms with Crippen molar-refractivity contribution < 1.29 is 4.39 Å². The summed E-state index contributed by atoms with van der Waals surface area (Å²) in [5, 5.41) is 12.4. The Hall–Kier alpha value is -1.60. The molecule has 0 aliphatic carbocycles. The smallest absolute Gasteiger partial charge is 0.126 e. The first-order chi connectivity index (χ1) is 8.76. The highest BCUT2D eigenvalue weighted by Crippen LogP contribution is 2.29. The van der Waals surface area contributed by atoms with Gasteiger partial charge < -0.3 is 10.2 Å². The molecule has 2 saturated heterocycles. The van der Waals surface area contributed by atoms with Crippen LogP contribution in [0.4, 0.5) is 10.1 Å². The summed E-state index contributed by atoms with van der Waals surface area (Å²) in [4.78, 5) is 2.19. The summed E-state index contributed by atoms with van der Waals surface area (Å²) in [6.07, 6.45) is 2.47. The van der Waals surface area contributed by atoms with Crippen LogP contribution in [-0.2, 0) is 0 Å². The van der Waals surface area contributed by atoms with E-state index in [-0.39, 0.29) is 5.82 Å². The first kappa shape index (κ1) is 11.5. The van der Waals surface area contributed by atoms with Crippen LogP contribution in [0.5, 0.6) is 0 Å². The summed E-state index contributed by atoms with van der Waals surface area (Å²) >= 11 is 0. The fourth-order valence-electron chi connectivity index (χ4n) is 3.08. The fraction of sp³-hybridized carbons (Fsp3) is 0.500. The van der Waals surface area contributed by atoms with Gasteiger partial charge in [-0.15, -0.1) is 0 Å². The molecule has 4 heteroatoms. The maximum atomic E-state index is 13.4. The summed E-state index contributed by atoms with van der Waals surface area (Å²) in [5.41, 5.74) is 1.23. The molecule has 1 aromatic rings. The molecule has 0 unspecified atom stereocenters. The lowest BCUT2D eigenvalue weighted by atomic mass is 9.94. The maximum Gasteiger partial charge on any atom is 0.126 e. The molecule has 0 aromatic heterocycles. The van der Waals surface area contributed by atoms with Gasteiger partial charge in [-0.25, -0.2) is 4.39 Å². The van der Waals surface area contributed by atoms with Gasteiger partial charge in [0.25, 0.3) is 0 Å². The van der Waals surface area contributed by atoms with Crippen LogP contribution in [0.1, 0.15) is 18.4 Å². The Labute approximate surface area is 106 Å². The van der Waals surface area contributed by atoms with Gasteiger partial charge in [-0.2, -0.15) is 5.26 Å². The monoisotopic (exact) mass is 245 g/mol. The van der Waals surface area contributed by atoms with Crippen molar-refractivity contribution in [2.45, 2.75) is 18.9 Å². The number of nitriles is 1. The molecule has 2 aliphatic heterocycles. The van der Waals surface area contributed by atoms with Crippen LogP contribution < -0.4 is 10.2 Å². The maximum absolute atomic E-state index is 13.4. The van der Waals surface area contributed by atoms with Crippen LogP contribution in [0.3, 0.4) is 0 Å². The lowest BCUT2D eigenvalue weighted by Gasteiger charge is -2.24. The summed E-state index contributed by atoms with van der Waals surface area (Å²) in [5.74, 6) is 0.333. The third-order valence-electron chi connectivity index (χ3n) is 3.98. The van der Waals surface area contributed by atoms with Gasteiger partial charge in [-0.05, 0) is 43.5 Å². The molecule has 0 radical (unpaired) electrons. The summed E-state index contributed by atoms with van der Waals surface area (Å²) in [6, 6.07) is 7.12. The molecule has 2 atom stereocenters. The molecule has 2 heterocycles. The lowest BCUT2D eigenvalue weighted by Crippen LogP contribution is -2.40. The average Bonchev–Trinajstić information content (AvgIpc) is 2.81. The molecular weight excluding hydrogens is 229 g/mol. The minimum atomic E-state index is -0.327. The second-order valence-electron chi connectivity index (χ2n) is 5.18. The van der Waals surface area contributed by atoms with Gasteiger partial charge >= 0.3 is 0 Å². The van der Waals surface area contributed by atoms with Crippen molar-refractivity contribution in [3.05, 3.63) is 29.6 Å². The molecule has 0 amide bonds. The van der Waals surface area contributed by atoms with Crippen LogP contribution in [0.15, 0.2) is 18.2 Å². The molecule has 18 heavy (non-hydrogen) atoms. The van der Waals surface area contributed by atoms with E-state index in [1.165, 1.54) is 25.0 Å². The van der Waals surface area contributed by atoms with E-state index in [9.17, 15) is 4.39 Å². The summed E-state index contributed by atoms with van der Waals surface area (Å²) in [6.45, 7) is 2.96. The summed E-state index contributed by atoms with van der Waals surface area (Å²) < 4.78 is 13.4. The molecule has 3 nitrogen and oxygen atoms in total. The molecule has 0 saturated carbocycles. The van der Waals surface area contributed by atoms with Gasteiger partial charge in [0, 0.05) is 24.8 Å². The average molecular weight is 245 g/mol. The van der Waals surface area contributed by atoms with E-state index in [2.05, 4.69) is 10.2 Å². The van der Waals surface area contributed by atoms with Crippen molar-refractivity contribution in [1.82, 2.24) is 5.32 Å². The van der Waals surface area contributed by atoms with Gasteiger partial charge in [0.2, 0.25) is 0 Å². The van der Waals surface area contributed by atoms with E-state index >= 15 is 0 Å². The standard InChI is InChI=1S/C14H16FN3/c15-12-4-10(7-16)5-13(6-12)18-8-11-2-1-3-17-14(11)9-18/h4-6,11,14,17H,1-3,8-9H2/t11-,14+/m0/s1. The van der Waals surface area contributed by atoms with E-state index in [1.54, 1.807) is 6.07 Å². The Morgan fingerprint density at radius 3 is 3.00 bits per heavy atom. The minimum absolute atomic E-state index is 0.327. The van der Waals surface area contributed by atoms with E-state index in [4.69, 9.17) is 5.26 Å². The highest BCUT2D eigenvalue weighted by Gasteiger charge is 2.34. The van der Waals surface area contributed by atoms with Gasteiger partial charge in [0.1, 0.15) is 5.82 Å². The minimum Gasteiger partial charge on any atom is -0.370 e. The van der Waals surface area contributed by atoms with Gasteiger partial charge in [-0.1, -0.05) is 0 Å². The number of fused-ring (bicyclic) bond motifs is 1. The zero-order valence-corrected chi connectivity index (χ0v) is 10.2. The van der Waals surface area contributed by atoms with E-state index in [1.807, 2.05) is 6.07 Å². The summed E-state index contributed by atoms with van der Waals surface area (Å²) in [7, 11) is 0. The Bertz CT molecular complexity index is 480. The Morgan fingerprint density at radius 1 is 1.33 bits per heavy atom. The number of hydrogen-bond donors (Lipinski definition) is 1. The van der Waals surface area contributed by atoms with Crippen molar-refractivity contribution in [2.24, 2.45) is 5.92 Å². The highest BCUT2D eigenvalue weighted by molar-refractivity contribution is 5.53. The highest BCUT2D eigenvalue weighted by atomic mass is 19.1. The molecule has 2 aliphatic rings. The number of benzene rings is 1. The molecule has 0 spiro atoms. The third kappa shape index (κ3) is 2.06. The largest absolute Gasteiger partial charge is 0.370 e. The number of halogens is 1. The van der Waals surface area contributed by atoms with Crippen LogP contribution in [0, 0.1) is 23.1 Å². The number of anilines is 1. The van der Waals surface area contributed by atoms with Crippen molar-refractivity contribution in [3.8, 4) is 6.07 Å². The predicted molar refractivity (Wildman–Crippen MR) is 67.8 cm³/mol. The van der Waals surface area contributed by atoms with Crippen LogP contribution in [-0.4, -0.2) is 25.7 Å². The normalized spacial score (nSPS) is 26.8. The van der Waals surface area contributed by atoms with Crippen molar-refractivity contribution in [2.75, 3.05) is 24.5 Å². The quantitative estimate of drug-likeness (QED) is 0.821. The number of hydrogen-bond acceptors (Lipinski definition) is 3. The van der Waals surface area contributed by atoms with Crippen LogP contribution >= 0.6 is 0 Å². The lowest BCUT2D eigenvalue weighted by molar-refractivity contribution is 0.340. The predicted octanol–water partition coefficient (Wildman–Crippen LogP) is 1.89. The van der Waals surface area contributed by atoms with E-state index in [0.29, 0.717) is 17.5 Å². The van der Waals surface area contributed by atoms with Crippen molar-refractivity contribution >= 4 is 5.69 Å². The second kappa shape index (κ2) is 4.58. The number of rotatable bonds is 1. The molecular formula is C14H16FN3. The molecule has 3 rings (SSSR count). The Kier molecular flexibility index (Phi) is 2.92. The molecule has 94 valence electrons. The third-order valence-corrected chi connectivity index (χ3v) is 3.98. The molecule has 1 aromatic carbocycles. The number of nitrogens with one attached hydrogen (secondary N) is 1. The number of piperidine rings is 1. The molecule has 0 bridgehead atoms. The topological polar surface area (TPSA) is 39.1 Å². The zero-order chi connectivity index (χ0) is 12.5. The molecule has 2 fully saturated rings. The van der Waals surface area contributed by atoms with Gasteiger partial charge in [-0.3, -0.25) is 0 Å². The van der Waals surface area contributed by atoms with E-state index < -0.39 is 0 Å². The first-order valence-corrected chi connectivity index (χ1v) is 6.45. The van der Waals surface area contributed by atoms with Crippen molar-refractivity contribution in [3.63, 3.8) is 0 Å². The number of nitrogens with zero attached hydrogens (tertiary/aromatic N) is 2. The fourth-order valence-corrected chi connectivity index (χ4v) is 3.08. The SMILES string of the molecule is N#Cc1cc(F)cc(N2C[C@@H]3CCCN[C@@H]3C2)c1. The van der Waals surface area contributed by atoms with Crippen LogP contribution in [0.25, 0.3) is 0 Å². The van der Waals surface area contributed by atoms with Gasteiger partial charge in [0.15, 0.2) is 0 Å².